The number of benzene rings is 2. The lowest BCUT2D eigenvalue weighted by atomic mass is 10.2. The van der Waals surface area contributed by atoms with Crippen molar-refractivity contribution in [2.24, 2.45) is 0 Å². The van der Waals surface area contributed by atoms with Crippen LogP contribution in [0.5, 0.6) is 0 Å². The predicted molar refractivity (Wildman–Crippen MR) is 90.7 cm³/mol. The summed E-state index contributed by atoms with van der Waals surface area (Å²) in [6.07, 6.45) is 0. The zero-order valence-electron chi connectivity index (χ0n) is 12.3. The number of carbonyl (C=O) groups is 1. The van der Waals surface area contributed by atoms with E-state index in [0.29, 0.717) is 17.1 Å². The van der Waals surface area contributed by atoms with Crippen molar-refractivity contribution in [2.75, 3.05) is 5.32 Å². The molecule has 2 aromatic carbocycles. The van der Waals surface area contributed by atoms with E-state index in [4.69, 9.17) is 5.26 Å². The van der Waals surface area contributed by atoms with Crippen molar-refractivity contribution < 1.29 is 4.79 Å². The van der Waals surface area contributed by atoms with Crippen LogP contribution in [0, 0.1) is 11.3 Å². The van der Waals surface area contributed by atoms with Crippen LogP contribution in [0.1, 0.15) is 5.56 Å². The lowest BCUT2D eigenvalue weighted by Crippen LogP contribution is -2.20. The van der Waals surface area contributed by atoms with Gasteiger partial charge in [-0.15, -0.1) is 10.2 Å². The second kappa shape index (κ2) is 7.02. The predicted octanol–water partition coefficient (Wildman–Crippen LogP) is 2.61. The second-order valence-corrected chi connectivity index (χ2v) is 5.80. The maximum Gasteiger partial charge on any atom is 0.248 e. The molecule has 1 heterocycles. The Labute approximate surface area is 146 Å². The first kappa shape index (κ1) is 15.8. The number of hydrogen-bond donors (Lipinski definition) is 1. The minimum atomic E-state index is -0.278. The summed E-state index contributed by atoms with van der Waals surface area (Å²) in [7, 11) is 0. The zero-order valence-corrected chi connectivity index (χ0v) is 13.9. The summed E-state index contributed by atoms with van der Waals surface area (Å²) < 4.78 is 0.959. The molecule has 24 heavy (non-hydrogen) atoms. The van der Waals surface area contributed by atoms with E-state index in [-0.39, 0.29) is 12.5 Å². The quantitative estimate of drug-likeness (QED) is 0.747. The topological polar surface area (TPSA) is 96.5 Å². The molecule has 1 amide bonds. The smallest absolute Gasteiger partial charge is 0.248 e. The maximum atomic E-state index is 12.0. The SMILES string of the molecule is N#Cc1ccc(NC(=O)Cn2nnc(-c3ccc(Br)cc3)n2)cc1. The van der Waals surface area contributed by atoms with Crippen molar-refractivity contribution in [3.8, 4) is 17.5 Å². The van der Waals surface area contributed by atoms with Gasteiger partial charge in [0, 0.05) is 15.7 Å². The molecular weight excluding hydrogens is 372 g/mol. The van der Waals surface area contributed by atoms with Gasteiger partial charge < -0.3 is 5.32 Å². The minimum absolute atomic E-state index is 0.0521. The van der Waals surface area contributed by atoms with E-state index in [1.54, 1.807) is 24.3 Å². The molecule has 0 spiro atoms. The van der Waals surface area contributed by atoms with Crippen molar-refractivity contribution in [2.45, 2.75) is 6.54 Å². The largest absolute Gasteiger partial charge is 0.324 e. The Morgan fingerprint density at radius 1 is 1.17 bits per heavy atom. The molecule has 3 rings (SSSR count). The lowest BCUT2D eigenvalue weighted by molar-refractivity contribution is -0.117. The molecule has 8 heteroatoms. The first-order valence-corrected chi connectivity index (χ1v) is 7.77. The van der Waals surface area contributed by atoms with E-state index < -0.39 is 0 Å². The number of anilines is 1. The summed E-state index contributed by atoms with van der Waals surface area (Å²) in [6, 6.07) is 16.1. The highest BCUT2D eigenvalue weighted by atomic mass is 79.9. The normalized spacial score (nSPS) is 10.2. The number of tetrazole rings is 1. The monoisotopic (exact) mass is 382 g/mol. The van der Waals surface area contributed by atoms with Crippen LogP contribution in [0.15, 0.2) is 53.0 Å². The van der Waals surface area contributed by atoms with Crippen LogP contribution in [0.4, 0.5) is 5.69 Å². The average molecular weight is 383 g/mol. The number of halogens is 1. The fraction of sp³-hybridized carbons (Fsp3) is 0.0625. The Balaban J connectivity index is 1.64. The molecule has 0 atom stereocenters. The molecule has 3 aromatic rings. The highest BCUT2D eigenvalue weighted by molar-refractivity contribution is 9.10. The van der Waals surface area contributed by atoms with Crippen LogP contribution in [0.3, 0.4) is 0 Å². The van der Waals surface area contributed by atoms with Gasteiger partial charge in [-0.1, -0.05) is 15.9 Å². The van der Waals surface area contributed by atoms with Gasteiger partial charge in [-0.25, -0.2) is 0 Å². The van der Waals surface area contributed by atoms with Crippen LogP contribution in [0.25, 0.3) is 11.4 Å². The molecule has 0 fully saturated rings. The Bertz CT molecular complexity index is 896. The van der Waals surface area contributed by atoms with Crippen molar-refractivity contribution in [1.82, 2.24) is 20.2 Å². The summed E-state index contributed by atoms with van der Waals surface area (Å²) in [6.45, 7) is -0.0521. The molecule has 118 valence electrons. The van der Waals surface area contributed by atoms with Crippen LogP contribution < -0.4 is 5.32 Å². The molecule has 0 aliphatic rings. The lowest BCUT2D eigenvalue weighted by Gasteiger charge is -2.04. The summed E-state index contributed by atoms with van der Waals surface area (Å²) >= 11 is 3.36. The molecule has 0 saturated heterocycles. The van der Waals surface area contributed by atoms with E-state index >= 15 is 0 Å². The molecule has 0 aliphatic heterocycles. The molecule has 7 nitrogen and oxygen atoms in total. The molecule has 0 unspecified atom stereocenters. The van der Waals surface area contributed by atoms with Gasteiger partial charge in [0.25, 0.3) is 0 Å². The van der Waals surface area contributed by atoms with E-state index in [2.05, 4.69) is 36.7 Å². The van der Waals surface area contributed by atoms with Gasteiger partial charge in [-0.3, -0.25) is 4.79 Å². The van der Waals surface area contributed by atoms with Gasteiger partial charge in [-0.05, 0) is 53.7 Å². The van der Waals surface area contributed by atoms with Gasteiger partial charge >= 0.3 is 0 Å². The third kappa shape index (κ3) is 3.83. The van der Waals surface area contributed by atoms with Crippen LogP contribution in [-0.4, -0.2) is 26.1 Å². The third-order valence-corrected chi connectivity index (χ3v) is 3.67. The Kier molecular flexibility index (Phi) is 4.63. The number of nitrogens with zero attached hydrogens (tertiary/aromatic N) is 5. The number of nitriles is 1. The van der Waals surface area contributed by atoms with Crippen molar-refractivity contribution in [3.63, 3.8) is 0 Å². The van der Waals surface area contributed by atoms with Gasteiger partial charge in [0.2, 0.25) is 11.7 Å². The fourth-order valence-electron chi connectivity index (χ4n) is 1.98. The van der Waals surface area contributed by atoms with E-state index in [9.17, 15) is 4.79 Å². The van der Waals surface area contributed by atoms with Crippen molar-refractivity contribution in [1.29, 1.82) is 5.26 Å². The fourth-order valence-corrected chi connectivity index (χ4v) is 2.25. The average Bonchev–Trinajstić information content (AvgIpc) is 3.04. The Morgan fingerprint density at radius 2 is 1.88 bits per heavy atom. The summed E-state index contributed by atoms with van der Waals surface area (Å²) in [4.78, 5) is 13.2. The number of hydrogen-bond acceptors (Lipinski definition) is 5. The first-order valence-electron chi connectivity index (χ1n) is 6.98. The molecular formula is C16H11BrN6O. The first-order chi connectivity index (χ1) is 11.6. The Hall–Kier alpha value is -3.05. The van der Waals surface area contributed by atoms with Crippen LogP contribution >= 0.6 is 15.9 Å². The number of nitrogens with one attached hydrogen (secondary N) is 1. The number of carbonyl (C=O) groups excluding carboxylic acids is 1. The van der Waals surface area contributed by atoms with E-state index in [1.807, 2.05) is 30.3 Å². The highest BCUT2D eigenvalue weighted by Gasteiger charge is 2.09. The van der Waals surface area contributed by atoms with Gasteiger partial charge in [0.1, 0.15) is 6.54 Å². The summed E-state index contributed by atoms with van der Waals surface area (Å²) in [5.74, 6) is 0.174. The van der Waals surface area contributed by atoms with E-state index in [1.165, 1.54) is 4.80 Å². The zero-order chi connectivity index (χ0) is 16.9. The summed E-state index contributed by atoms with van der Waals surface area (Å²) in [5, 5.41) is 23.5. The van der Waals surface area contributed by atoms with Gasteiger partial charge in [0.05, 0.1) is 11.6 Å². The minimum Gasteiger partial charge on any atom is -0.324 e. The van der Waals surface area contributed by atoms with Gasteiger partial charge in [-0.2, -0.15) is 10.1 Å². The standard InChI is InChI=1S/C16H11BrN6O/c17-13-5-3-12(4-6-13)16-20-22-23(21-16)10-15(24)19-14-7-1-11(9-18)2-8-14/h1-8H,10H2,(H,19,24). The van der Waals surface area contributed by atoms with Crippen LogP contribution in [-0.2, 0) is 11.3 Å². The van der Waals surface area contributed by atoms with Crippen molar-refractivity contribution in [3.05, 3.63) is 58.6 Å². The number of amides is 1. The van der Waals surface area contributed by atoms with Crippen LogP contribution in [0.2, 0.25) is 0 Å². The summed E-state index contributed by atoms with van der Waals surface area (Å²) in [5.41, 5.74) is 1.95. The Morgan fingerprint density at radius 3 is 2.54 bits per heavy atom. The van der Waals surface area contributed by atoms with E-state index in [0.717, 1.165) is 10.0 Å². The van der Waals surface area contributed by atoms with Gasteiger partial charge in [0.15, 0.2) is 0 Å². The number of rotatable bonds is 4. The maximum absolute atomic E-state index is 12.0. The highest BCUT2D eigenvalue weighted by Crippen LogP contribution is 2.17. The molecule has 0 saturated carbocycles. The molecule has 0 aliphatic carbocycles. The second-order valence-electron chi connectivity index (χ2n) is 4.89. The molecule has 0 bridgehead atoms. The molecule has 0 radical (unpaired) electrons. The number of aromatic nitrogens is 4. The third-order valence-electron chi connectivity index (χ3n) is 3.14. The molecule has 1 N–H and O–H groups in total. The molecule has 1 aromatic heterocycles. The van der Waals surface area contributed by atoms with Crippen molar-refractivity contribution >= 4 is 27.5 Å².